The highest BCUT2D eigenvalue weighted by Crippen LogP contribution is 2.48. The Hall–Kier alpha value is -4.24. The molecule has 306 valence electrons. The lowest BCUT2D eigenvalue weighted by atomic mass is 9.33. The van der Waals surface area contributed by atoms with E-state index in [2.05, 4.69) is 178 Å². The van der Waals surface area contributed by atoms with Crippen molar-refractivity contribution in [3.05, 3.63) is 124 Å². The van der Waals surface area contributed by atoms with Gasteiger partial charge in [-0.2, -0.15) is 0 Å². The smallest absolute Gasteiger partial charge is 0.252 e. The lowest BCUT2D eigenvalue weighted by Crippen LogP contribution is -2.61. The number of anilines is 6. The summed E-state index contributed by atoms with van der Waals surface area (Å²) in [5.41, 5.74) is 22.5. The minimum Gasteiger partial charge on any atom is -0.311 e. The molecule has 1 fully saturated rings. The van der Waals surface area contributed by atoms with E-state index in [-0.39, 0.29) is 28.4 Å². The normalized spacial score (nSPS) is 17.1. The summed E-state index contributed by atoms with van der Waals surface area (Å²) in [5, 5.41) is 0. The van der Waals surface area contributed by atoms with Crippen molar-refractivity contribution < 1.29 is 0 Å². The molecule has 9 rings (SSSR count). The molecule has 2 heterocycles. The van der Waals surface area contributed by atoms with Gasteiger partial charge >= 0.3 is 0 Å². The SMILES string of the molecule is CC(C)(C)c1cc(N2c3cc(C4CCCCC4)ccc3B3c4cc5c(cc4N(c4cc(C(C)(C)C)cc(C(C)(C)C)c4)c4cccc2c43)CCCC5)cc(C(C)(C)C)c1. The van der Waals surface area contributed by atoms with Gasteiger partial charge in [0.15, 0.2) is 0 Å². The zero-order chi connectivity index (χ0) is 41.8. The lowest BCUT2D eigenvalue weighted by molar-refractivity contribution is 0.444. The molecule has 0 N–H and O–H groups in total. The Balaban J connectivity index is 1.37. The van der Waals surface area contributed by atoms with E-state index in [9.17, 15) is 0 Å². The van der Waals surface area contributed by atoms with Crippen molar-refractivity contribution in [3.8, 4) is 0 Å². The molecule has 3 heteroatoms. The Bertz CT molecular complexity index is 2370. The first kappa shape index (κ1) is 40.2. The fourth-order valence-electron chi connectivity index (χ4n) is 10.6. The van der Waals surface area contributed by atoms with E-state index in [4.69, 9.17) is 0 Å². The Labute approximate surface area is 357 Å². The molecule has 5 aromatic carbocycles. The van der Waals surface area contributed by atoms with Crippen LogP contribution in [0.2, 0.25) is 0 Å². The average Bonchev–Trinajstić information content (AvgIpc) is 3.18. The number of hydrogen-bond donors (Lipinski definition) is 0. The molecule has 0 spiro atoms. The van der Waals surface area contributed by atoms with Gasteiger partial charge < -0.3 is 9.80 Å². The number of fused-ring (bicyclic) bond motifs is 5. The predicted molar refractivity (Wildman–Crippen MR) is 258 cm³/mol. The van der Waals surface area contributed by atoms with Gasteiger partial charge in [-0.25, -0.2) is 0 Å². The van der Waals surface area contributed by atoms with E-state index in [1.165, 1.54) is 136 Å². The third kappa shape index (κ3) is 7.17. The zero-order valence-corrected chi connectivity index (χ0v) is 38.5. The van der Waals surface area contributed by atoms with Crippen molar-refractivity contribution >= 4 is 57.2 Å². The maximum Gasteiger partial charge on any atom is 0.252 e. The van der Waals surface area contributed by atoms with Gasteiger partial charge in [-0.3, -0.25) is 0 Å². The summed E-state index contributed by atoms with van der Waals surface area (Å²) < 4.78 is 0. The fourth-order valence-corrected chi connectivity index (χ4v) is 10.6. The molecule has 0 aromatic heterocycles. The second kappa shape index (κ2) is 14.2. The Kier molecular flexibility index (Phi) is 9.65. The van der Waals surface area contributed by atoms with E-state index in [1.807, 2.05) is 0 Å². The van der Waals surface area contributed by atoms with Gasteiger partial charge in [0.05, 0.1) is 0 Å². The second-order valence-corrected chi connectivity index (χ2v) is 22.9. The third-order valence-corrected chi connectivity index (χ3v) is 14.4. The molecule has 4 aliphatic rings. The van der Waals surface area contributed by atoms with Crippen LogP contribution in [0.3, 0.4) is 0 Å². The maximum absolute atomic E-state index is 2.69. The molecule has 5 aromatic rings. The van der Waals surface area contributed by atoms with Crippen LogP contribution in [0.15, 0.2) is 84.9 Å². The third-order valence-electron chi connectivity index (χ3n) is 14.4. The minimum absolute atomic E-state index is 0.00882. The molecule has 0 radical (unpaired) electrons. The lowest BCUT2D eigenvalue weighted by Gasteiger charge is -2.45. The van der Waals surface area contributed by atoms with Crippen molar-refractivity contribution in [1.29, 1.82) is 0 Å². The molecule has 0 amide bonds. The van der Waals surface area contributed by atoms with E-state index >= 15 is 0 Å². The number of benzene rings is 5. The summed E-state index contributed by atoms with van der Waals surface area (Å²) in [7, 11) is 0. The Morgan fingerprint density at radius 1 is 0.441 bits per heavy atom. The standard InChI is InChI=1S/C56H69BN2/c1-53(2,3)40-30-41(54(4,5)6)33-44(32-40)58-48-23-18-24-49-52(48)57(46-26-25-39(29-50(46)58)36-19-14-13-15-20-36)47-27-37-21-16-17-22-38(37)28-51(47)59(49)45-34-42(55(7,8)9)31-43(35-45)56(10,11)12/h18,23-36H,13-17,19-22H2,1-12H3. The second-order valence-electron chi connectivity index (χ2n) is 22.9. The highest BCUT2D eigenvalue weighted by molar-refractivity contribution is 7.00. The highest BCUT2D eigenvalue weighted by atomic mass is 15.2. The summed E-state index contributed by atoms with van der Waals surface area (Å²) in [6, 6.07) is 35.2. The molecular formula is C56H69BN2. The quantitative estimate of drug-likeness (QED) is 0.165. The average molecular weight is 781 g/mol. The van der Waals surface area contributed by atoms with Crippen molar-refractivity contribution in [3.63, 3.8) is 0 Å². The number of hydrogen-bond acceptors (Lipinski definition) is 2. The number of rotatable bonds is 3. The monoisotopic (exact) mass is 781 g/mol. The molecule has 59 heavy (non-hydrogen) atoms. The van der Waals surface area contributed by atoms with Crippen LogP contribution in [-0.4, -0.2) is 6.71 Å². The van der Waals surface area contributed by atoms with Gasteiger partial charge in [-0.05, 0) is 170 Å². The largest absolute Gasteiger partial charge is 0.311 e. The first-order chi connectivity index (χ1) is 27.8. The van der Waals surface area contributed by atoms with Gasteiger partial charge in [0.1, 0.15) is 0 Å². The topological polar surface area (TPSA) is 6.48 Å². The molecule has 0 atom stereocenters. The molecule has 0 unspecified atom stereocenters. The Morgan fingerprint density at radius 2 is 0.898 bits per heavy atom. The Morgan fingerprint density at radius 3 is 1.37 bits per heavy atom. The van der Waals surface area contributed by atoms with Crippen molar-refractivity contribution in [1.82, 2.24) is 0 Å². The highest BCUT2D eigenvalue weighted by Gasteiger charge is 2.44. The van der Waals surface area contributed by atoms with Crippen molar-refractivity contribution in [2.45, 2.75) is 168 Å². The van der Waals surface area contributed by atoms with Gasteiger partial charge in [0.25, 0.3) is 6.71 Å². The summed E-state index contributed by atoms with van der Waals surface area (Å²) in [6.07, 6.45) is 11.5. The maximum atomic E-state index is 2.69. The van der Waals surface area contributed by atoms with Crippen LogP contribution < -0.4 is 26.2 Å². The molecule has 2 nitrogen and oxygen atoms in total. The van der Waals surface area contributed by atoms with Crippen molar-refractivity contribution in [2.75, 3.05) is 9.80 Å². The summed E-state index contributed by atoms with van der Waals surface area (Å²) >= 11 is 0. The van der Waals surface area contributed by atoms with Crippen LogP contribution in [0, 0.1) is 0 Å². The molecule has 0 saturated heterocycles. The molecule has 2 aliphatic carbocycles. The van der Waals surface area contributed by atoms with E-state index in [0.717, 1.165) is 0 Å². The van der Waals surface area contributed by atoms with Crippen LogP contribution in [0.4, 0.5) is 34.1 Å². The molecular weight excluding hydrogens is 711 g/mol. The predicted octanol–water partition coefficient (Wildman–Crippen LogP) is 13.9. The first-order valence-electron chi connectivity index (χ1n) is 23.1. The van der Waals surface area contributed by atoms with Crippen LogP contribution in [-0.2, 0) is 34.5 Å². The van der Waals surface area contributed by atoms with Crippen LogP contribution in [0.25, 0.3) is 0 Å². The summed E-state index contributed by atoms with van der Waals surface area (Å²) in [6.45, 7) is 28.6. The van der Waals surface area contributed by atoms with Crippen LogP contribution in [0.5, 0.6) is 0 Å². The molecule has 0 bridgehead atoms. The van der Waals surface area contributed by atoms with Gasteiger partial charge in [-0.1, -0.05) is 139 Å². The minimum atomic E-state index is 0.00882. The molecule has 2 aliphatic heterocycles. The summed E-state index contributed by atoms with van der Waals surface area (Å²) in [4.78, 5) is 5.37. The van der Waals surface area contributed by atoms with Gasteiger partial charge in [-0.15, -0.1) is 0 Å². The van der Waals surface area contributed by atoms with Gasteiger partial charge in [0, 0.05) is 34.1 Å². The van der Waals surface area contributed by atoms with E-state index in [1.54, 1.807) is 11.1 Å². The first-order valence-corrected chi connectivity index (χ1v) is 23.1. The van der Waals surface area contributed by atoms with Gasteiger partial charge in [0.2, 0.25) is 0 Å². The van der Waals surface area contributed by atoms with E-state index in [0.29, 0.717) is 5.92 Å². The summed E-state index contributed by atoms with van der Waals surface area (Å²) in [5.74, 6) is 0.628. The fraction of sp³-hybridized carbons (Fsp3) is 0.464. The van der Waals surface area contributed by atoms with Crippen LogP contribution >= 0.6 is 0 Å². The number of aryl methyl sites for hydroxylation is 2. The van der Waals surface area contributed by atoms with E-state index < -0.39 is 0 Å². The molecule has 1 saturated carbocycles. The van der Waals surface area contributed by atoms with Crippen molar-refractivity contribution in [2.24, 2.45) is 0 Å². The zero-order valence-electron chi connectivity index (χ0n) is 38.5. The van der Waals surface area contributed by atoms with Crippen LogP contribution in [0.1, 0.15) is 173 Å². The number of nitrogens with zero attached hydrogens (tertiary/aromatic N) is 2.